The number of fused-ring (bicyclic) bond motifs is 2. The lowest BCUT2D eigenvalue weighted by molar-refractivity contribution is 0.256. The molecule has 0 heterocycles. The van der Waals surface area contributed by atoms with Gasteiger partial charge >= 0.3 is 6.03 Å². The fourth-order valence-corrected chi connectivity index (χ4v) is 4.19. The second-order valence-corrected chi connectivity index (χ2v) is 7.51. The smallest absolute Gasteiger partial charge is 0.327 e. The molecule has 0 fully saturated rings. The van der Waals surface area contributed by atoms with Crippen LogP contribution in [0.25, 0.3) is 0 Å². The summed E-state index contributed by atoms with van der Waals surface area (Å²) < 4.78 is 25.5. The van der Waals surface area contributed by atoms with Crippen molar-refractivity contribution < 1.29 is 13.2 Å². The summed E-state index contributed by atoms with van der Waals surface area (Å²) in [6.45, 7) is 0.0994. The molecule has 0 radical (unpaired) electrons. The number of amides is 2. The summed E-state index contributed by atoms with van der Waals surface area (Å²) in [4.78, 5) is 12.1. The van der Waals surface area contributed by atoms with Gasteiger partial charge in [-0.05, 0) is 60.8 Å². The van der Waals surface area contributed by atoms with Crippen LogP contribution in [0.4, 0.5) is 10.5 Å². The van der Waals surface area contributed by atoms with Crippen LogP contribution in [-0.4, -0.2) is 21.0 Å². The van der Waals surface area contributed by atoms with Gasteiger partial charge in [0.1, 0.15) is 0 Å². The van der Waals surface area contributed by atoms with Gasteiger partial charge in [-0.3, -0.25) is 0 Å². The minimum absolute atomic E-state index is 0.0994. The van der Waals surface area contributed by atoms with Crippen LogP contribution in [0.2, 0.25) is 0 Å². The SMILES string of the molecule is NC/C=C/S(=O)(=O)NC(=O)Nc1c2c(cc3c1CCC3)CCC2. The highest BCUT2D eigenvalue weighted by atomic mass is 32.2. The van der Waals surface area contributed by atoms with E-state index in [2.05, 4.69) is 11.4 Å². The van der Waals surface area contributed by atoms with Gasteiger partial charge in [0.25, 0.3) is 10.0 Å². The predicted molar refractivity (Wildman–Crippen MR) is 89.8 cm³/mol. The van der Waals surface area contributed by atoms with Crippen LogP contribution in [0.5, 0.6) is 0 Å². The number of urea groups is 1. The molecule has 0 aliphatic heterocycles. The Morgan fingerprint density at radius 1 is 1.13 bits per heavy atom. The quantitative estimate of drug-likeness (QED) is 0.777. The second-order valence-electron chi connectivity index (χ2n) is 5.94. The molecule has 3 rings (SSSR count). The number of rotatable bonds is 4. The highest BCUT2D eigenvalue weighted by Crippen LogP contribution is 2.38. The van der Waals surface area contributed by atoms with Gasteiger partial charge in [0.15, 0.2) is 0 Å². The lowest BCUT2D eigenvalue weighted by Crippen LogP contribution is -2.33. The lowest BCUT2D eigenvalue weighted by Gasteiger charge is -2.16. The first-order valence-electron chi connectivity index (χ1n) is 7.87. The van der Waals surface area contributed by atoms with Crippen LogP contribution < -0.4 is 15.8 Å². The van der Waals surface area contributed by atoms with Gasteiger partial charge in [0, 0.05) is 17.6 Å². The molecule has 124 valence electrons. The Hall–Kier alpha value is -1.86. The lowest BCUT2D eigenvalue weighted by atomic mass is 9.99. The van der Waals surface area contributed by atoms with E-state index in [9.17, 15) is 13.2 Å². The van der Waals surface area contributed by atoms with Crippen molar-refractivity contribution in [2.45, 2.75) is 38.5 Å². The monoisotopic (exact) mass is 335 g/mol. The maximum absolute atomic E-state index is 12.1. The molecule has 1 aromatic rings. The summed E-state index contributed by atoms with van der Waals surface area (Å²) in [5.41, 5.74) is 10.9. The third-order valence-electron chi connectivity index (χ3n) is 4.36. The van der Waals surface area contributed by atoms with Crippen LogP contribution in [0.3, 0.4) is 0 Å². The molecule has 0 saturated carbocycles. The average molecular weight is 335 g/mol. The Balaban J connectivity index is 1.84. The Bertz CT molecular complexity index is 737. The number of nitrogens with two attached hydrogens (primary N) is 1. The Morgan fingerprint density at radius 3 is 2.30 bits per heavy atom. The molecular weight excluding hydrogens is 314 g/mol. The average Bonchev–Trinajstić information content (AvgIpc) is 3.12. The normalized spacial score (nSPS) is 16.4. The van der Waals surface area contributed by atoms with Gasteiger partial charge in [-0.2, -0.15) is 0 Å². The van der Waals surface area contributed by atoms with Crippen molar-refractivity contribution >= 4 is 21.7 Å². The van der Waals surface area contributed by atoms with Crippen molar-refractivity contribution in [3.63, 3.8) is 0 Å². The number of anilines is 1. The van der Waals surface area contributed by atoms with E-state index in [1.54, 1.807) is 0 Å². The number of hydrogen-bond donors (Lipinski definition) is 3. The predicted octanol–water partition coefficient (Wildman–Crippen LogP) is 1.59. The Labute approximate surface area is 136 Å². The standard InChI is InChI=1S/C16H21N3O3S/c17-8-3-9-23(21,22)19-16(20)18-15-13-6-1-4-11(13)10-12-5-2-7-14(12)15/h3,9-10H,1-2,4-8,17H2,(H2,18,19,20)/b9-3+. The molecule has 2 aliphatic rings. The fourth-order valence-electron chi connectivity index (χ4n) is 3.45. The molecule has 2 aliphatic carbocycles. The number of aryl methyl sites for hydroxylation is 2. The number of carbonyl (C=O) groups excluding carboxylic acids is 1. The molecule has 0 spiro atoms. The van der Waals surface area contributed by atoms with E-state index in [4.69, 9.17) is 5.73 Å². The first-order valence-corrected chi connectivity index (χ1v) is 9.41. The van der Waals surface area contributed by atoms with E-state index in [1.165, 1.54) is 17.2 Å². The topological polar surface area (TPSA) is 101 Å². The fraction of sp³-hybridized carbons (Fsp3) is 0.438. The van der Waals surface area contributed by atoms with Crippen molar-refractivity contribution in [2.75, 3.05) is 11.9 Å². The molecule has 23 heavy (non-hydrogen) atoms. The highest BCUT2D eigenvalue weighted by molar-refractivity contribution is 7.92. The van der Waals surface area contributed by atoms with Crippen molar-refractivity contribution in [1.29, 1.82) is 0 Å². The van der Waals surface area contributed by atoms with Crippen LogP contribution in [0.15, 0.2) is 17.6 Å². The summed E-state index contributed by atoms with van der Waals surface area (Å²) in [6.07, 6.45) is 7.34. The minimum Gasteiger partial charge on any atom is -0.327 e. The largest absolute Gasteiger partial charge is 0.333 e. The molecule has 4 N–H and O–H groups in total. The number of sulfonamides is 1. The summed E-state index contributed by atoms with van der Waals surface area (Å²) in [6, 6.07) is 1.54. The molecule has 7 heteroatoms. The Morgan fingerprint density at radius 2 is 1.74 bits per heavy atom. The maximum atomic E-state index is 12.1. The van der Waals surface area contributed by atoms with E-state index < -0.39 is 16.1 Å². The molecule has 0 unspecified atom stereocenters. The van der Waals surface area contributed by atoms with E-state index in [1.807, 2.05) is 4.72 Å². The third kappa shape index (κ3) is 3.40. The van der Waals surface area contributed by atoms with Crippen molar-refractivity contribution in [3.05, 3.63) is 39.8 Å². The molecule has 0 atom stereocenters. The van der Waals surface area contributed by atoms with Crippen LogP contribution in [0, 0.1) is 0 Å². The highest BCUT2D eigenvalue weighted by Gasteiger charge is 2.25. The molecule has 0 bridgehead atoms. The number of carbonyl (C=O) groups is 1. The van der Waals surface area contributed by atoms with Crippen LogP contribution in [-0.2, 0) is 35.7 Å². The van der Waals surface area contributed by atoms with E-state index in [0.29, 0.717) is 0 Å². The number of benzene rings is 1. The maximum Gasteiger partial charge on any atom is 0.333 e. The van der Waals surface area contributed by atoms with E-state index in [0.717, 1.165) is 60.7 Å². The summed E-state index contributed by atoms with van der Waals surface area (Å²) in [7, 11) is -3.81. The van der Waals surface area contributed by atoms with Gasteiger partial charge in [-0.15, -0.1) is 0 Å². The molecule has 0 saturated heterocycles. The second kappa shape index (κ2) is 6.33. The molecular formula is C16H21N3O3S. The van der Waals surface area contributed by atoms with Gasteiger partial charge in [-0.25, -0.2) is 17.9 Å². The van der Waals surface area contributed by atoms with Gasteiger partial charge in [0.2, 0.25) is 0 Å². The summed E-state index contributed by atoms with van der Waals surface area (Å²) in [5.74, 6) is 0. The zero-order valence-corrected chi connectivity index (χ0v) is 13.7. The molecule has 0 aromatic heterocycles. The van der Waals surface area contributed by atoms with Crippen molar-refractivity contribution in [3.8, 4) is 0 Å². The minimum atomic E-state index is -3.81. The van der Waals surface area contributed by atoms with Crippen molar-refractivity contribution in [2.24, 2.45) is 5.73 Å². The first kappa shape index (κ1) is 16.0. The van der Waals surface area contributed by atoms with Gasteiger partial charge < -0.3 is 11.1 Å². The number of nitrogens with one attached hydrogen (secondary N) is 2. The summed E-state index contributed by atoms with van der Waals surface area (Å²) >= 11 is 0. The van der Waals surface area contributed by atoms with Gasteiger partial charge in [0.05, 0.1) is 0 Å². The van der Waals surface area contributed by atoms with Gasteiger partial charge in [-0.1, -0.05) is 12.1 Å². The number of hydrogen-bond acceptors (Lipinski definition) is 4. The van der Waals surface area contributed by atoms with E-state index in [-0.39, 0.29) is 6.54 Å². The molecule has 6 nitrogen and oxygen atoms in total. The third-order valence-corrected chi connectivity index (χ3v) is 5.38. The van der Waals surface area contributed by atoms with Crippen LogP contribution >= 0.6 is 0 Å². The Kier molecular flexibility index (Phi) is 4.41. The van der Waals surface area contributed by atoms with Crippen molar-refractivity contribution in [1.82, 2.24) is 4.72 Å². The molecule has 2 amide bonds. The van der Waals surface area contributed by atoms with Crippen LogP contribution in [0.1, 0.15) is 35.1 Å². The first-order chi connectivity index (χ1) is 11.0. The van der Waals surface area contributed by atoms with E-state index >= 15 is 0 Å². The summed E-state index contributed by atoms with van der Waals surface area (Å²) in [5, 5.41) is 3.69. The molecule has 1 aromatic carbocycles. The zero-order valence-electron chi connectivity index (χ0n) is 12.9. The zero-order chi connectivity index (χ0) is 16.4.